The van der Waals surface area contributed by atoms with Crippen LogP contribution < -0.4 is 0 Å². The van der Waals surface area contributed by atoms with Gasteiger partial charge in [-0.2, -0.15) is 13.2 Å². The van der Waals surface area contributed by atoms with Crippen molar-refractivity contribution in [2.24, 2.45) is 0 Å². The molecule has 2 atom stereocenters. The van der Waals surface area contributed by atoms with E-state index in [2.05, 4.69) is 0 Å². The molecule has 0 aliphatic carbocycles. The molecule has 0 aliphatic heterocycles. The van der Waals surface area contributed by atoms with Crippen LogP contribution in [-0.2, 0) is 26.0 Å². The molecule has 1 N–H and O–H groups in total. The molecule has 0 heterocycles. The molecule has 2 aromatic rings. The number of rotatable bonds is 6. The third-order valence-electron chi connectivity index (χ3n) is 4.19. The lowest BCUT2D eigenvalue weighted by atomic mass is 9.96. The van der Waals surface area contributed by atoms with Crippen LogP contribution in [0.25, 0.3) is 0 Å². The summed E-state index contributed by atoms with van der Waals surface area (Å²) in [5.74, 6) is -0.827. The van der Waals surface area contributed by atoms with Gasteiger partial charge in [-0.05, 0) is 37.1 Å². The maximum absolute atomic E-state index is 12.7. The predicted octanol–water partition coefficient (Wildman–Crippen LogP) is 4.23. The molecule has 0 aliphatic rings. The molecule has 2 aromatic carbocycles. The van der Waals surface area contributed by atoms with Gasteiger partial charge in [0.25, 0.3) is 0 Å². The minimum absolute atomic E-state index is 0.113. The number of ether oxygens (including phenoxy) is 2. The van der Waals surface area contributed by atoms with Crippen LogP contribution in [0.15, 0.2) is 54.6 Å². The highest BCUT2D eigenvalue weighted by Gasteiger charge is 2.37. The second-order valence-electron chi connectivity index (χ2n) is 6.50. The predicted molar refractivity (Wildman–Crippen MR) is 92.8 cm³/mol. The number of aliphatic hydroxyl groups is 1. The van der Waals surface area contributed by atoms with Gasteiger partial charge < -0.3 is 14.6 Å². The Bertz CT molecular complexity index is 755. The number of benzene rings is 2. The Kier molecular flexibility index (Phi) is 6.28. The summed E-state index contributed by atoms with van der Waals surface area (Å²) in [4.78, 5) is 12.2. The Hall–Kier alpha value is -2.38. The van der Waals surface area contributed by atoms with Gasteiger partial charge >= 0.3 is 12.1 Å². The van der Waals surface area contributed by atoms with Gasteiger partial charge in [0.15, 0.2) is 6.10 Å². The molecule has 2 rings (SSSR count). The molecule has 7 heteroatoms. The van der Waals surface area contributed by atoms with Gasteiger partial charge in [0.05, 0.1) is 18.3 Å². The Morgan fingerprint density at radius 2 is 1.52 bits per heavy atom. The average Bonchev–Trinajstić information content (AvgIpc) is 2.65. The Morgan fingerprint density at radius 3 is 2.00 bits per heavy atom. The average molecular weight is 382 g/mol. The first-order valence-electron chi connectivity index (χ1n) is 8.22. The van der Waals surface area contributed by atoms with Crippen LogP contribution in [0, 0.1) is 0 Å². The zero-order valence-corrected chi connectivity index (χ0v) is 15.2. The quantitative estimate of drug-likeness (QED) is 0.760. The Morgan fingerprint density at radius 1 is 0.963 bits per heavy atom. The monoisotopic (exact) mass is 382 g/mol. The molecular weight excluding hydrogens is 361 g/mol. The zero-order valence-electron chi connectivity index (χ0n) is 15.2. The van der Waals surface area contributed by atoms with Gasteiger partial charge in [0.1, 0.15) is 6.10 Å². The second kappa shape index (κ2) is 8.10. The van der Waals surface area contributed by atoms with Gasteiger partial charge in [-0.25, -0.2) is 4.79 Å². The lowest BCUT2D eigenvalue weighted by Gasteiger charge is -2.32. The number of hydrogen-bond acceptors (Lipinski definition) is 4. The number of carbonyl (C=O) groups is 1. The number of esters is 1. The van der Waals surface area contributed by atoms with Crippen molar-refractivity contribution >= 4 is 5.97 Å². The van der Waals surface area contributed by atoms with Gasteiger partial charge in [0.2, 0.25) is 0 Å². The van der Waals surface area contributed by atoms with E-state index >= 15 is 0 Å². The molecule has 0 saturated carbocycles. The number of hydrogen-bond donors (Lipinski definition) is 1. The van der Waals surface area contributed by atoms with Crippen molar-refractivity contribution in [2.45, 2.75) is 37.8 Å². The van der Waals surface area contributed by atoms with E-state index in [0.717, 1.165) is 36.9 Å². The molecule has 0 saturated heterocycles. The fourth-order valence-electron chi connectivity index (χ4n) is 2.63. The van der Waals surface area contributed by atoms with Gasteiger partial charge in [-0.1, -0.05) is 42.5 Å². The van der Waals surface area contributed by atoms with Crippen molar-refractivity contribution in [2.75, 3.05) is 7.11 Å². The van der Waals surface area contributed by atoms with Gasteiger partial charge in [-0.3, -0.25) is 0 Å². The van der Waals surface area contributed by atoms with Crippen LogP contribution in [0.2, 0.25) is 0 Å². The van der Waals surface area contributed by atoms with Crippen LogP contribution in [0.4, 0.5) is 13.2 Å². The first-order valence-corrected chi connectivity index (χ1v) is 8.22. The topological polar surface area (TPSA) is 55.8 Å². The smallest absolute Gasteiger partial charge is 0.416 e. The van der Waals surface area contributed by atoms with Crippen LogP contribution in [-0.4, -0.2) is 24.3 Å². The molecule has 0 spiro atoms. The highest BCUT2D eigenvalue weighted by molar-refractivity contribution is 5.75. The van der Waals surface area contributed by atoms with E-state index in [1.165, 1.54) is 0 Å². The first kappa shape index (κ1) is 20.9. The van der Waals surface area contributed by atoms with Crippen molar-refractivity contribution in [3.63, 3.8) is 0 Å². The summed E-state index contributed by atoms with van der Waals surface area (Å²) in [5, 5.41) is 10.6. The Labute approximate surface area is 155 Å². The highest BCUT2D eigenvalue weighted by atomic mass is 19.4. The molecule has 0 bridgehead atoms. The summed E-state index contributed by atoms with van der Waals surface area (Å²) < 4.78 is 48.7. The van der Waals surface area contributed by atoms with E-state index in [-0.39, 0.29) is 5.56 Å². The van der Waals surface area contributed by atoms with Gasteiger partial charge in [0, 0.05) is 0 Å². The van der Waals surface area contributed by atoms with Crippen molar-refractivity contribution in [1.29, 1.82) is 0 Å². The first-order chi connectivity index (χ1) is 12.6. The third-order valence-corrected chi connectivity index (χ3v) is 4.19. The fraction of sp³-hybridized carbons (Fsp3) is 0.350. The highest BCUT2D eigenvalue weighted by Crippen LogP contribution is 2.33. The molecule has 0 unspecified atom stereocenters. The minimum Gasteiger partial charge on any atom is -0.467 e. The maximum atomic E-state index is 12.7. The van der Waals surface area contributed by atoms with Crippen molar-refractivity contribution in [3.8, 4) is 0 Å². The zero-order chi connectivity index (χ0) is 20.2. The standard InChI is InChI=1S/C20H21F3O4/c1-19(2,14-7-5-4-6-8-14)27-17(18(25)26-3)16(24)13-9-11-15(12-10-13)20(21,22)23/h4-12,16-17,24H,1-3H3/t16-,17+/m0/s1. The SMILES string of the molecule is COC(=O)[C@H](OC(C)(C)c1ccccc1)[C@@H](O)c1ccc(C(F)(F)F)cc1. The van der Waals surface area contributed by atoms with E-state index < -0.39 is 35.5 Å². The summed E-state index contributed by atoms with van der Waals surface area (Å²) in [5.41, 5.74) is -0.924. The van der Waals surface area contributed by atoms with Gasteiger partial charge in [-0.15, -0.1) is 0 Å². The minimum atomic E-state index is -4.49. The summed E-state index contributed by atoms with van der Waals surface area (Å²) in [7, 11) is 1.15. The van der Waals surface area contributed by atoms with Crippen LogP contribution >= 0.6 is 0 Å². The number of carbonyl (C=O) groups excluding carboxylic acids is 1. The van der Waals surface area contributed by atoms with E-state index in [9.17, 15) is 23.1 Å². The molecule has 0 fully saturated rings. The summed E-state index contributed by atoms with van der Waals surface area (Å²) in [6, 6.07) is 13.0. The largest absolute Gasteiger partial charge is 0.467 e. The second-order valence-corrected chi connectivity index (χ2v) is 6.50. The van der Waals surface area contributed by atoms with Crippen LogP contribution in [0.1, 0.15) is 36.6 Å². The number of alkyl halides is 3. The van der Waals surface area contributed by atoms with Crippen molar-refractivity contribution in [1.82, 2.24) is 0 Å². The lowest BCUT2D eigenvalue weighted by molar-refractivity contribution is -0.179. The molecule has 4 nitrogen and oxygen atoms in total. The normalized spacial score (nSPS) is 14.5. The van der Waals surface area contributed by atoms with E-state index in [0.29, 0.717) is 0 Å². The molecule has 27 heavy (non-hydrogen) atoms. The van der Waals surface area contributed by atoms with E-state index in [1.54, 1.807) is 38.1 Å². The summed E-state index contributed by atoms with van der Waals surface area (Å²) in [6.45, 7) is 3.44. The fourth-order valence-corrected chi connectivity index (χ4v) is 2.63. The van der Waals surface area contributed by atoms with Crippen LogP contribution in [0.3, 0.4) is 0 Å². The number of halogens is 3. The van der Waals surface area contributed by atoms with Crippen molar-refractivity contribution in [3.05, 3.63) is 71.3 Å². The maximum Gasteiger partial charge on any atom is 0.416 e. The summed E-state index contributed by atoms with van der Waals surface area (Å²) >= 11 is 0. The molecule has 0 amide bonds. The number of methoxy groups -OCH3 is 1. The van der Waals surface area contributed by atoms with Crippen LogP contribution in [0.5, 0.6) is 0 Å². The molecule has 0 radical (unpaired) electrons. The number of aliphatic hydroxyl groups excluding tert-OH is 1. The van der Waals surface area contributed by atoms with E-state index in [4.69, 9.17) is 9.47 Å². The molecule has 146 valence electrons. The molecular formula is C20H21F3O4. The Balaban J connectivity index is 2.29. The lowest BCUT2D eigenvalue weighted by Crippen LogP contribution is -2.38. The van der Waals surface area contributed by atoms with Crippen molar-refractivity contribution < 1.29 is 32.5 Å². The third kappa shape index (κ3) is 5.08. The summed E-state index contributed by atoms with van der Waals surface area (Å²) in [6.07, 6.45) is -7.40. The molecule has 0 aromatic heterocycles. The van der Waals surface area contributed by atoms with E-state index in [1.807, 2.05) is 6.07 Å².